The number of aryl methyl sites for hydroxylation is 1. The number of rotatable bonds is 7. The summed E-state index contributed by atoms with van der Waals surface area (Å²) in [5.74, 6) is 0. The maximum atomic E-state index is 12.5. The molecule has 6 nitrogen and oxygen atoms in total. The van der Waals surface area contributed by atoms with E-state index in [9.17, 15) is 13.2 Å². The summed E-state index contributed by atoms with van der Waals surface area (Å²) in [6, 6.07) is 14.6. The molecule has 0 fully saturated rings. The number of likely N-dealkylation sites (N-methyl/N-ethyl adjacent to an activating group) is 1. The van der Waals surface area contributed by atoms with Crippen molar-refractivity contribution in [3.8, 4) is 0 Å². The van der Waals surface area contributed by atoms with Crippen LogP contribution >= 0.6 is 11.3 Å². The largest absolute Gasteiger partial charge is 0.373 e. The van der Waals surface area contributed by atoms with Gasteiger partial charge in [-0.2, -0.15) is 0 Å². The van der Waals surface area contributed by atoms with Gasteiger partial charge in [0.1, 0.15) is 0 Å². The fourth-order valence-corrected chi connectivity index (χ4v) is 4.87. The molecule has 0 spiro atoms. The lowest BCUT2D eigenvalue weighted by atomic mass is 10.3. The first-order valence-corrected chi connectivity index (χ1v) is 10.6. The molecule has 0 aliphatic heterocycles. The number of para-hydroxylation sites is 1. The number of nitrogens with one attached hydrogen (secondary N) is 1. The number of thiazole rings is 1. The van der Waals surface area contributed by atoms with Gasteiger partial charge in [-0.25, -0.2) is 13.1 Å². The van der Waals surface area contributed by atoms with Crippen LogP contribution in [-0.4, -0.2) is 33.1 Å². The SMILES string of the molecule is CCn1c(=O)sc2cc(S(=O)(=O)NCCN(C)c3ccccc3)ccc21. The van der Waals surface area contributed by atoms with Crippen molar-refractivity contribution >= 4 is 37.3 Å². The van der Waals surface area contributed by atoms with Gasteiger partial charge < -0.3 is 4.90 Å². The van der Waals surface area contributed by atoms with Crippen LogP contribution in [0.2, 0.25) is 0 Å². The Morgan fingerprint density at radius 2 is 1.88 bits per heavy atom. The fraction of sp³-hybridized carbons (Fsp3) is 0.278. The second kappa shape index (κ2) is 7.61. The molecule has 0 aliphatic rings. The Bertz CT molecular complexity index is 1060. The Morgan fingerprint density at radius 3 is 2.58 bits per heavy atom. The summed E-state index contributed by atoms with van der Waals surface area (Å²) in [5.41, 5.74) is 1.80. The third-order valence-electron chi connectivity index (χ3n) is 4.20. The van der Waals surface area contributed by atoms with Gasteiger partial charge in [0, 0.05) is 32.4 Å². The number of fused-ring (bicyclic) bond motifs is 1. The van der Waals surface area contributed by atoms with Crippen molar-refractivity contribution in [2.24, 2.45) is 0 Å². The monoisotopic (exact) mass is 391 g/mol. The van der Waals surface area contributed by atoms with E-state index >= 15 is 0 Å². The van der Waals surface area contributed by atoms with E-state index in [1.807, 2.05) is 49.2 Å². The second-order valence-corrected chi connectivity index (χ2v) is 8.66. The summed E-state index contributed by atoms with van der Waals surface area (Å²) in [6.45, 7) is 3.29. The van der Waals surface area contributed by atoms with Crippen LogP contribution in [0.25, 0.3) is 10.2 Å². The molecule has 3 aromatic rings. The molecule has 0 saturated heterocycles. The normalized spacial score (nSPS) is 11.8. The van der Waals surface area contributed by atoms with Crippen LogP contribution < -0.4 is 14.5 Å². The average Bonchev–Trinajstić information content (AvgIpc) is 2.96. The van der Waals surface area contributed by atoms with E-state index in [-0.39, 0.29) is 16.3 Å². The molecule has 1 aromatic heterocycles. The smallest absolute Gasteiger partial charge is 0.308 e. The molecular weight excluding hydrogens is 370 g/mol. The Hall–Kier alpha value is -2.16. The molecule has 3 rings (SSSR count). The molecular formula is C18H21N3O3S2. The molecule has 0 unspecified atom stereocenters. The molecule has 0 amide bonds. The molecule has 26 heavy (non-hydrogen) atoms. The van der Waals surface area contributed by atoms with E-state index in [0.717, 1.165) is 22.5 Å². The van der Waals surface area contributed by atoms with Gasteiger partial charge in [-0.15, -0.1) is 0 Å². The first-order valence-electron chi connectivity index (χ1n) is 8.31. The highest BCUT2D eigenvalue weighted by Gasteiger charge is 2.16. The summed E-state index contributed by atoms with van der Waals surface area (Å²) < 4.78 is 30.0. The lowest BCUT2D eigenvalue weighted by molar-refractivity contribution is 0.581. The molecule has 1 heterocycles. The molecule has 1 N–H and O–H groups in total. The molecule has 8 heteroatoms. The number of hydrogen-bond acceptors (Lipinski definition) is 5. The van der Waals surface area contributed by atoms with Crippen LogP contribution in [0.1, 0.15) is 6.92 Å². The Morgan fingerprint density at radius 1 is 1.15 bits per heavy atom. The molecule has 0 atom stereocenters. The summed E-state index contributed by atoms with van der Waals surface area (Å²) in [6.07, 6.45) is 0. The van der Waals surface area contributed by atoms with Gasteiger partial charge in [-0.1, -0.05) is 29.5 Å². The van der Waals surface area contributed by atoms with Crippen LogP contribution in [0, 0.1) is 0 Å². The number of aromatic nitrogens is 1. The van der Waals surface area contributed by atoms with Crippen LogP contribution in [-0.2, 0) is 16.6 Å². The highest BCUT2D eigenvalue weighted by Crippen LogP contribution is 2.21. The Balaban J connectivity index is 1.72. The molecule has 2 aromatic carbocycles. The quantitative estimate of drug-likeness (QED) is 0.672. The molecule has 0 aliphatic carbocycles. The van der Waals surface area contributed by atoms with E-state index in [2.05, 4.69) is 4.72 Å². The van der Waals surface area contributed by atoms with E-state index in [4.69, 9.17) is 0 Å². The zero-order valence-corrected chi connectivity index (χ0v) is 16.3. The van der Waals surface area contributed by atoms with Crippen molar-refractivity contribution in [2.75, 3.05) is 25.0 Å². The zero-order valence-electron chi connectivity index (χ0n) is 14.7. The Kier molecular flexibility index (Phi) is 5.45. The lowest BCUT2D eigenvalue weighted by Gasteiger charge is -2.19. The predicted molar refractivity (Wildman–Crippen MR) is 107 cm³/mol. The standard InChI is InChI=1S/C18H21N3O3S2/c1-3-21-16-10-9-15(13-17(16)25-18(21)22)26(23,24)19-11-12-20(2)14-7-5-4-6-8-14/h4-10,13,19H,3,11-12H2,1-2H3. The minimum atomic E-state index is -3.62. The summed E-state index contributed by atoms with van der Waals surface area (Å²) in [7, 11) is -1.70. The minimum Gasteiger partial charge on any atom is -0.373 e. The van der Waals surface area contributed by atoms with Crippen molar-refractivity contribution in [2.45, 2.75) is 18.4 Å². The van der Waals surface area contributed by atoms with Gasteiger partial charge in [-0.05, 0) is 37.3 Å². The van der Waals surface area contributed by atoms with Crippen LogP contribution in [0.5, 0.6) is 0 Å². The number of benzene rings is 2. The van der Waals surface area contributed by atoms with Crippen molar-refractivity contribution in [1.82, 2.24) is 9.29 Å². The van der Waals surface area contributed by atoms with Gasteiger partial charge >= 0.3 is 4.87 Å². The van der Waals surface area contributed by atoms with Crippen molar-refractivity contribution in [3.05, 3.63) is 58.2 Å². The van der Waals surface area contributed by atoms with Gasteiger partial charge in [0.05, 0.1) is 15.1 Å². The van der Waals surface area contributed by atoms with E-state index in [1.54, 1.807) is 22.8 Å². The summed E-state index contributed by atoms with van der Waals surface area (Å²) >= 11 is 1.07. The minimum absolute atomic E-state index is 0.0745. The van der Waals surface area contributed by atoms with E-state index in [0.29, 0.717) is 17.8 Å². The molecule has 138 valence electrons. The van der Waals surface area contributed by atoms with Crippen LogP contribution in [0.4, 0.5) is 5.69 Å². The fourth-order valence-electron chi connectivity index (χ4n) is 2.76. The number of anilines is 1. The van der Waals surface area contributed by atoms with Gasteiger partial charge in [0.15, 0.2) is 0 Å². The molecule has 0 radical (unpaired) electrons. The summed E-state index contributed by atoms with van der Waals surface area (Å²) in [5, 5.41) is 0. The van der Waals surface area contributed by atoms with Crippen molar-refractivity contribution < 1.29 is 8.42 Å². The first-order chi connectivity index (χ1) is 12.4. The maximum Gasteiger partial charge on any atom is 0.308 e. The summed E-state index contributed by atoms with van der Waals surface area (Å²) in [4.78, 5) is 14.0. The Labute approximate surface area is 156 Å². The van der Waals surface area contributed by atoms with E-state index in [1.165, 1.54) is 0 Å². The number of hydrogen-bond donors (Lipinski definition) is 1. The van der Waals surface area contributed by atoms with Gasteiger partial charge in [0.2, 0.25) is 10.0 Å². The number of nitrogens with zero attached hydrogens (tertiary/aromatic N) is 2. The van der Waals surface area contributed by atoms with Crippen LogP contribution in [0.15, 0.2) is 58.2 Å². The maximum absolute atomic E-state index is 12.5. The van der Waals surface area contributed by atoms with E-state index < -0.39 is 10.0 Å². The van der Waals surface area contributed by atoms with Crippen LogP contribution in [0.3, 0.4) is 0 Å². The third kappa shape index (κ3) is 3.82. The van der Waals surface area contributed by atoms with Crippen molar-refractivity contribution in [1.29, 1.82) is 0 Å². The molecule has 0 bridgehead atoms. The highest BCUT2D eigenvalue weighted by atomic mass is 32.2. The number of sulfonamides is 1. The zero-order chi connectivity index (χ0) is 18.7. The topological polar surface area (TPSA) is 71.4 Å². The first kappa shape index (κ1) is 18.6. The highest BCUT2D eigenvalue weighted by molar-refractivity contribution is 7.89. The second-order valence-electron chi connectivity index (χ2n) is 5.90. The average molecular weight is 392 g/mol. The molecule has 0 saturated carbocycles. The predicted octanol–water partition coefficient (Wildman–Crippen LogP) is 2.50. The van der Waals surface area contributed by atoms with Crippen molar-refractivity contribution in [3.63, 3.8) is 0 Å². The third-order valence-corrected chi connectivity index (χ3v) is 6.60. The van der Waals surface area contributed by atoms with Gasteiger partial charge in [0.25, 0.3) is 0 Å². The lowest BCUT2D eigenvalue weighted by Crippen LogP contribution is -2.33. The van der Waals surface area contributed by atoms with Gasteiger partial charge in [-0.3, -0.25) is 9.36 Å².